The van der Waals surface area contributed by atoms with Crippen molar-refractivity contribution in [1.82, 2.24) is 0 Å². The molecule has 5 heteroatoms. The highest BCUT2D eigenvalue weighted by atomic mass is 35.5. The number of halogens is 2. The lowest BCUT2D eigenvalue weighted by atomic mass is 10.2. The van der Waals surface area contributed by atoms with Crippen molar-refractivity contribution in [1.29, 1.82) is 0 Å². The van der Waals surface area contributed by atoms with Gasteiger partial charge < -0.3 is 4.74 Å². The first-order valence-electron chi connectivity index (χ1n) is 6.01. The van der Waals surface area contributed by atoms with E-state index in [0.717, 1.165) is 25.0 Å². The predicted octanol–water partition coefficient (Wildman–Crippen LogP) is 3.98. The van der Waals surface area contributed by atoms with Gasteiger partial charge in [-0.2, -0.15) is 0 Å². The number of hydrogen-bond acceptors (Lipinski definition) is 2. The Kier molecular flexibility index (Phi) is 5.07. The molecule has 2 rings (SSSR count). The maximum Gasteiger partial charge on any atom is 0.0691 e. The predicted molar refractivity (Wildman–Crippen MR) is 76.9 cm³/mol. The minimum Gasteiger partial charge on any atom is -0.377 e. The zero-order chi connectivity index (χ0) is 13.1. The summed E-state index contributed by atoms with van der Waals surface area (Å²) >= 11 is 11.9. The Bertz CT molecular complexity index is 445. The number of benzene rings is 1. The van der Waals surface area contributed by atoms with Crippen molar-refractivity contribution < 1.29 is 8.95 Å². The second-order valence-corrected chi connectivity index (χ2v) is 7.11. The molecule has 1 aromatic rings. The van der Waals surface area contributed by atoms with E-state index in [2.05, 4.69) is 0 Å². The van der Waals surface area contributed by atoms with Gasteiger partial charge in [0.2, 0.25) is 0 Å². The van der Waals surface area contributed by atoms with E-state index in [1.165, 1.54) is 0 Å². The average Bonchev–Trinajstić information content (AvgIpc) is 2.84. The normalized spacial score (nSPS) is 22.9. The first kappa shape index (κ1) is 14.3. The average molecular weight is 307 g/mol. The maximum atomic E-state index is 12.3. The first-order chi connectivity index (χ1) is 8.58. The molecule has 0 N–H and O–H groups in total. The molecular weight excluding hydrogens is 291 g/mol. The molecule has 0 aliphatic carbocycles. The topological polar surface area (TPSA) is 26.3 Å². The molecule has 0 amide bonds. The highest BCUT2D eigenvalue weighted by molar-refractivity contribution is 7.85. The Labute approximate surface area is 120 Å². The third kappa shape index (κ3) is 3.47. The van der Waals surface area contributed by atoms with Gasteiger partial charge in [0.15, 0.2) is 0 Å². The van der Waals surface area contributed by atoms with Crippen molar-refractivity contribution in [3.8, 4) is 0 Å². The molecule has 1 aliphatic heterocycles. The Hall–Kier alpha value is -0.0900. The lowest BCUT2D eigenvalue weighted by Crippen LogP contribution is -2.18. The third-order valence-electron chi connectivity index (χ3n) is 3.18. The molecule has 100 valence electrons. The van der Waals surface area contributed by atoms with Crippen molar-refractivity contribution in [3.63, 3.8) is 0 Å². The molecule has 1 saturated heterocycles. The van der Waals surface area contributed by atoms with Gasteiger partial charge in [0.1, 0.15) is 0 Å². The third-order valence-corrected chi connectivity index (χ3v) is 5.68. The van der Waals surface area contributed by atoms with Crippen LogP contribution >= 0.6 is 23.2 Å². The molecule has 0 bridgehead atoms. The van der Waals surface area contributed by atoms with Crippen LogP contribution in [0.2, 0.25) is 10.0 Å². The minimum absolute atomic E-state index is 0.0519. The summed E-state index contributed by atoms with van der Waals surface area (Å²) in [7, 11) is -0.947. The zero-order valence-electron chi connectivity index (χ0n) is 10.2. The molecule has 1 heterocycles. The summed E-state index contributed by atoms with van der Waals surface area (Å²) in [5.41, 5.74) is 0.959. The smallest absolute Gasteiger partial charge is 0.0691 e. The second-order valence-electron chi connectivity index (χ2n) is 4.50. The van der Waals surface area contributed by atoms with Crippen LogP contribution in [0.1, 0.15) is 30.6 Å². The maximum absolute atomic E-state index is 12.3. The SMILES string of the molecule is C[C@H](c1ccc(Cl)c(Cl)c1)[S@@](=O)C[C@H]1CCCO1. The standard InChI is InChI=1S/C13H16Cl2O2S/c1-9(10-4-5-12(14)13(15)7-10)18(16)8-11-3-2-6-17-11/h4-5,7,9,11H,2-3,6,8H2,1H3/t9-,11-,18+/m1/s1. The van der Waals surface area contributed by atoms with Crippen molar-refractivity contribution in [3.05, 3.63) is 33.8 Å². The number of hydrogen-bond donors (Lipinski definition) is 0. The van der Waals surface area contributed by atoms with Gasteiger partial charge >= 0.3 is 0 Å². The molecule has 0 saturated carbocycles. The van der Waals surface area contributed by atoms with E-state index in [4.69, 9.17) is 27.9 Å². The zero-order valence-corrected chi connectivity index (χ0v) is 12.5. The highest BCUT2D eigenvalue weighted by Gasteiger charge is 2.22. The van der Waals surface area contributed by atoms with Crippen LogP contribution in [-0.4, -0.2) is 22.7 Å². The van der Waals surface area contributed by atoms with Gasteiger partial charge in [-0.1, -0.05) is 29.3 Å². The minimum atomic E-state index is -0.947. The Morgan fingerprint density at radius 1 is 1.44 bits per heavy atom. The highest BCUT2D eigenvalue weighted by Crippen LogP contribution is 2.28. The molecular formula is C13H16Cl2O2S. The fraction of sp³-hybridized carbons (Fsp3) is 0.538. The molecule has 0 radical (unpaired) electrons. The lowest BCUT2D eigenvalue weighted by molar-refractivity contribution is 0.128. The molecule has 0 unspecified atom stereocenters. The van der Waals surface area contributed by atoms with E-state index in [1.807, 2.05) is 13.0 Å². The summed E-state index contributed by atoms with van der Waals surface area (Å²) < 4.78 is 17.8. The Morgan fingerprint density at radius 2 is 2.22 bits per heavy atom. The monoisotopic (exact) mass is 306 g/mol. The van der Waals surface area contributed by atoms with Gasteiger partial charge in [-0.05, 0) is 37.5 Å². The molecule has 0 aromatic heterocycles. The lowest BCUT2D eigenvalue weighted by Gasteiger charge is -2.15. The van der Waals surface area contributed by atoms with E-state index >= 15 is 0 Å². The van der Waals surface area contributed by atoms with Crippen LogP contribution in [0.15, 0.2) is 18.2 Å². The van der Waals surface area contributed by atoms with Crippen LogP contribution in [-0.2, 0) is 15.5 Å². The van der Waals surface area contributed by atoms with Crippen LogP contribution in [0.25, 0.3) is 0 Å². The van der Waals surface area contributed by atoms with Gasteiger partial charge in [-0.15, -0.1) is 0 Å². The van der Waals surface area contributed by atoms with E-state index < -0.39 is 10.8 Å². The molecule has 3 atom stereocenters. The van der Waals surface area contributed by atoms with Crippen molar-refractivity contribution in [2.45, 2.75) is 31.1 Å². The van der Waals surface area contributed by atoms with Gasteiger partial charge in [0.25, 0.3) is 0 Å². The molecule has 18 heavy (non-hydrogen) atoms. The summed E-state index contributed by atoms with van der Waals surface area (Å²) in [6.07, 6.45) is 2.24. The van der Waals surface area contributed by atoms with Crippen LogP contribution in [0.3, 0.4) is 0 Å². The fourth-order valence-electron chi connectivity index (χ4n) is 2.02. The summed E-state index contributed by atoms with van der Waals surface area (Å²) in [5, 5.41) is 0.983. The van der Waals surface area contributed by atoms with Crippen molar-refractivity contribution in [2.75, 3.05) is 12.4 Å². The number of ether oxygens (including phenoxy) is 1. The van der Waals surface area contributed by atoms with Gasteiger partial charge in [0, 0.05) is 17.4 Å². The molecule has 0 spiro atoms. The largest absolute Gasteiger partial charge is 0.377 e. The second kappa shape index (κ2) is 6.38. The van der Waals surface area contributed by atoms with E-state index in [0.29, 0.717) is 15.8 Å². The van der Waals surface area contributed by atoms with Gasteiger partial charge in [0.05, 0.1) is 27.2 Å². The summed E-state index contributed by atoms with van der Waals surface area (Å²) in [6.45, 7) is 2.74. The Balaban J connectivity index is 2.02. The van der Waals surface area contributed by atoms with Crippen molar-refractivity contribution >= 4 is 34.0 Å². The summed E-state index contributed by atoms with van der Waals surface area (Å²) in [4.78, 5) is 0. The van der Waals surface area contributed by atoms with Crippen LogP contribution < -0.4 is 0 Å². The van der Waals surface area contributed by atoms with Crippen LogP contribution in [0, 0.1) is 0 Å². The van der Waals surface area contributed by atoms with E-state index in [9.17, 15) is 4.21 Å². The Morgan fingerprint density at radius 3 is 2.83 bits per heavy atom. The fourth-order valence-corrected chi connectivity index (χ4v) is 3.70. The quantitative estimate of drug-likeness (QED) is 0.841. The summed E-state index contributed by atoms with van der Waals surface area (Å²) in [6, 6.07) is 5.42. The number of rotatable bonds is 4. The molecule has 1 fully saturated rings. The van der Waals surface area contributed by atoms with E-state index in [-0.39, 0.29) is 11.4 Å². The van der Waals surface area contributed by atoms with Gasteiger partial charge in [-0.25, -0.2) is 0 Å². The molecule has 2 nitrogen and oxygen atoms in total. The van der Waals surface area contributed by atoms with Crippen molar-refractivity contribution in [2.24, 2.45) is 0 Å². The van der Waals surface area contributed by atoms with Gasteiger partial charge in [-0.3, -0.25) is 4.21 Å². The van der Waals surface area contributed by atoms with Crippen LogP contribution in [0.5, 0.6) is 0 Å². The first-order valence-corrected chi connectivity index (χ1v) is 8.15. The molecule has 1 aromatic carbocycles. The molecule has 1 aliphatic rings. The summed E-state index contributed by atoms with van der Waals surface area (Å²) in [5.74, 6) is 0.599. The van der Waals surface area contributed by atoms with E-state index in [1.54, 1.807) is 12.1 Å². The van der Waals surface area contributed by atoms with Crippen LogP contribution in [0.4, 0.5) is 0 Å².